The number of halogens is 1. The largest absolute Gasteiger partial charge is 0.355 e. The number of fused-ring (bicyclic) bond motifs is 1. The fourth-order valence-electron chi connectivity index (χ4n) is 4.11. The number of imidazole rings is 1. The second-order valence-corrected chi connectivity index (χ2v) is 9.04. The first-order valence-corrected chi connectivity index (χ1v) is 12.2. The van der Waals surface area contributed by atoms with Gasteiger partial charge >= 0.3 is 6.03 Å². The van der Waals surface area contributed by atoms with Gasteiger partial charge in [0.2, 0.25) is 0 Å². The lowest BCUT2D eigenvalue weighted by Gasteiger charge is -2.11. The quantitative estimate of drug-likeness (QED) is 0.183. The molecule has 0 aliphatic carbocycles. The van der Waals surface area contributed by atoms with Crippen molar-refractivity contribution in [2.75, 3.05) is 21.3 Å². The molecule has 4 aromatic rings. The van der Waals surface area contributed by atoms with Crippen LogP contribution in [0.3, 0.4) is 0 Å². The van der Waals surface area contributed by atoms with Gasteiger partial charge < -0.3 is 26.3 Å². The van der Waals surface area contributed by atoms with Crippen LogP contribution in [0.5, 0.6) is 0 Å². The Morgan fingerprint density at radius 2 is 1.68 bits per heavy atom. The number of urea groups is 1. The van der Waals surface area contributed by atoms with Crippen molar-refractivity contribution in [1.29, 1.82) is 0 Å². The molecule has 0 fully saturated rings. The number of nitrogens with one attached hydrogen (secondary N) is 5. The van der Waals surface area contributed by atoms with E-state index in [1.807, 2.05) is 56.3 Å². The van der Waals surface area contributed by atoms with Crippen molar-refractivity contribution >= 4 is 63.6 Å². The first kappa shape index (κ1) is 24.1. The SMILES string of the molecule is CCc1nc(C)c(/C=C2\C(=O)Nc3cc(Nc4cccc(NC(=O)Nc5cccc(Cl)c5)c4)ccc32)[nH]1. The summed E-state index contributed by atoms with van der Waals surface area (Å²) in [6.45, 7) is 3.95. The molecule has 0 atom stereocenters. The Labute approximate surface area is 219 Å². The van der Waals surface area contributed by atoms with Gasteiger partial charge in [0.25, 0.3) is 5.91 Å². The topological polar surface area (TPSA) is 111 Å². The van der Waals surface area contributed by atoms with Crippen LogP contribution in [0.15, 0.2) is 66.7 Å². The predicted molar refractivity (Wildman–Crippen MR) is 149 cm³/mol. The standard InChI is InChI=1S/C28H25ClN6O2/c1-3-26-30-16(2)24(34-26)15-23-22-11-10-21(14-25(22)35-27(23)36)31-19-8-5-9-20(13-19)33-28(37)32-18-7-4-6-17(29)12-18/h4-15,31H,3H2,1-2H3,(H,30,34)(H,35,36)(H2,32,33,37)/b23-15-. The van der Waals surface area contributed by atoms with E-state index in [1.54, 1.807) is 30.3 Å². The monoisotopic (exact) mass is 512 g/mol. The van der Waals surface area contributed by atoms with Gasteiger partial charge in [0.05, 0.1) is 22.6 Å². The molecule has 5 rings (SSSR count). The number of aromatic amines is 1. The first-order valence-electron chi connectivity index (χ1n) is 11.8. The number of rotatable bonds is 6. The summed E-state index contributed by atoms with van der Waals surface area (Å²) in [4.78, 5) is 32.8. The fourth-order valence-corrected chi connectivity index (χ4v) is 4.30. The van der Waals surface area contributed by atoms with Crippen molar-refractivity contribution in [1.82, 2.24) is 9.97 Å². The van der Waals surface area contributed by atoms with E-state index in [4.69, 9.17) is 11.6 Å². The molecule has 0 radical (unpaired) electrons. The molecule has 1 aromatic heterocycles. The van der Waals surface area contributed by atoms with Gasteiger partial charge in [0.1, 0.15) is 5.82 Å². The smallest absolute Gasteiger partial charge is 0.323 e. The number of hydrogen-bond acceptors (Lipinski definition) is 4. The van der Waals surface area contributed by atoms with E-state index in [-0.39, 0.29) is 11.9 Å². The van der Waals surface area contributed by atoms with Gasteiger partial charge in [-0.05, 0) is 61.5 Å². The van der Waals surface area contributed by atoms with Crippen LogP contribution < -0.4 is 21.3 Å². The van der Waals surface area contributed by atoms with E-state index in [0.29, 0.717) is 22.0 Å². The van der Waals surface area contributed by atoms with Crippen LogP contribution in [0.4, 0.5) is 33.2 Å². The zero-order valence-electron chi connectivity index (χ0n) is 20.3. The number of aromatic nitrogens is 2. The predicted octanol–water partition coefficient (Wildman–Crippen LogP) is 6.81. The van der Waals surface area contributed by atoms with Gasteiger partial charge in [-0.15, -0.1) is 0 Å². The minimum atomic E-state index is -0.377. The van der Waals surface area contributed by atoms with E-state index in [1.165, 1.54) is 0 Å². The molecule has 0 saturated carbocycles. The van der Waals surface area contributed by atoms with Crippen LogP contribution in [0.2, 0.25) is 5.02 Å². The molecule has 2 heterocycles. The summed E-state index contributed by atoms with van der Waals surface area (Å²) in [5, 5.41) is 12.4. The summed E-state index contributed by atoms with van der Waals surface area (Å²) in [6.07, 6.45) is 2.64. The summed E-state index contributed by atoms with van der Waals surface area (Å²) in [5.41, 5.74) is 6.63. The molecule has 5 N–H and O–H groups in total. The normalized spacial score (nSPS) is 13.3. The zero-order valence-corrected chi connectivity index (χ0v) is 21.0. The van der Waals surface area contributed by atoms with Gasteiger partial charge in [-0.2, -0.15) is 0 Å². The van der Waals surface area contributed by atoms with Gasteiger partial charge in [0.15, 0.2) is 0 Å². The summed E-state index contributed by atoms with van der Waals surface area (Å²) >= 11 is 5.98. The lowest BCUT2D eigenvalue weighted by atomic mass is 10.0. The zero-order chi connectivity index (χ0) is 25.9. The highest BCUT2D eigenvalue weighted by Gasteiger charge is 2.25. The van der Waals surface area contributed by atoms with Crippen molar-refractivity contribution in [3.8, 4) is 0 Å². The van der Waals surface area contributed by atoms with Crippen LogP contribution >= 0.6 is 11.6 Å². The molecule has 3 amide bonds. The maximum atomic E-state index is 12.7. The van der Waals surface area contributed by atoms with Gasteiger partial charge in [-0.25, -0.2) is 9.78 Å². The molecule has 1 aliphatic rings. The highest BCUT2D eigenvalue weighted by Crippen LogP contribution is 2.36. The highest BCUT2D eigenvalue weighted by atomic mass is 35.5. The first-order chi connectivity index (χ1) is 17.9. The van der Waals surface area contributed by atoms with Crippen LogP contribution in [0, 0.1) is 6.92 Å². The lowest BCUT2D eigenvalue weighted by molar-refractivity contribution is -0.110. The van der Waals surface area contributed by atoms with E-state index in [0.717, 1.165) is 46.3 Å². The number of benzene rings is 3. The molecule has 0 unspecified atom stereocenters. The summed E-state index contributed by atoms with van der Waals surface area (Å²) in [5.74, 6) is 0.734. The fraction of sp³-hybridized carbons (Fsp3) is 0.107. The van der Waals surface area contributed by atoms with E-state index >= 15 is 0 Å². The number of anilines is 5. The van der Waals surface area contributed by atoms with Crippen molar-refractivity contribution < 1.29 is 9.59 Å². The minimum Gasteiger partial charge on any atom is -0.355 e. The molecule has 0 saturated heterocycles. The molecule has 9 heteroatoms. The van der Waals surface area contributed by atoms with Crippen molar-refractivity contribution in [2.45, 2.75) is 20.3 Å². The van der Waals surface area contributed by atoms with Crippen LogP contribution in [0.1, 0.15) is 29.7 Å². The average Bonchev–Trinajstić information content (AvgIpc) is 3.37. The molecule has 8 nitrogen and oxygen atoms in total. The van der Waals surface area contributed by atoms with Crippen LogP contribution in [0.25, 0.3) is 11.6 Å². The maximum absolute atomic E-state index is 12.7. The lowest BCUT2D eigenvalue weighted by Crippen LogP contribution is -2.19. The number of amides is 3. The molecule has 186 valence electrons. The third-order valence-corrected chi connectivity index (χ3v) is 6.12. The highest BCUT2D eigenvalue weighted by molar-refractivity contribution is 6.35. The third kappa shape index (κ3) is 5.49. The van der Waals surface area contributed by atoms with E-state index in [9.17, 15) is 9.59 Å². The molecule has 0 spiro atoms. The summed E-state index contributed by atoms with van der Waals surface area (Å²) < 4.78 is 0. The number of hydrogen-bond donors (Lipinski definition) is 5. The Kier molecular flexibility index (Phi) is 6.66. The summed E-state index contributed by atoms with van der Waals surface area (Å²) in [7, 11) is 0. The Balaban J connectivity index is 1.29. The number of carbonyl (C=O) groups is 2. The van der Waals surface area contributed by atoms with Crippen LogP contribution in [-0.2, 0) is 11.2 Å². The summed E-state index contributed by atoms with van der Waals surface area (Å²) in [6, 6.07) is 19.6. The van der Waals surface area contributed by atoms with E-state index in [2.05, 4.69) is 31.2 Å². The molecule has 0 bridgehead atoms. The number of carbonyl (C=O) groups excluding carboxylic acids is 2. The molecular weight excluding hydrogens is 488 g/mol. The van der Waals surface area contributed by atoms with Crippen molar-refractivity contribution in [2.24, 2.45) is 0 Å². The molecule has 37 heavy (non-hydrogen) atoms. The third-order valence-electron chi connectivity index (χ3n) is 5.89. The van der Waals surface area contributed by atoms with Crippen molar-refractivity contribution in [3.63, 3.8) is 0 Å². The van der Waals surface area contributed by atoms with Gasteiger partial charge in [-0.1, -0.05) is 36.7 Å². The number of H-pyrrole nitrogens is 1. The Hall–Kier alpha value is -4.56. The molecule has 3 aromatic carbocycles. The Bertz CT molecular complexity index is 1540. The minimum absolute atomic E-state index is 0.156. The van der Waals surface area contributed by atoms with Crippen LogP contribution in [-0.4, -0.2) is 21.9 Å². The van der Waals surface area contributed by atoms with Gasteiger partial charge in [-0.3, -0.25) is 4.79 Å². The molecule has 1 aliphatic heterocycles. The maximum Gasteiger partial charge on any atom is 0.323 e. The Morgan fingerprint density at radius 1 is 0.973 bits per heavy atom. The van der Waals surface area contributed by atoms with Gasteiger partial charge in [0, 0.05) is 39.8 Å². The second kappa shape index (κ2) is 10.2. The van der Waals surface area contributed by atoms with E-state index < -0.39 is 0 Å². The van der Waals surface area contributed by atoms with Crippen molar-refractivity contribution in [3.05, 3.63) is 94.5 Å². The second-order valence-electron chi connectivity index (χ2n) is 8.60. The Morgan fingerprint density at radius 3 is 2.41 bits per heavy atom. The number of nitrogens with zero attached hydrogens (tertiary/aromatic N) is 1. The average molecular weight is 513 g/mol. The number of aryl methyl sites for hydroxylation is 2. The molecular formula is C28H25ClN6O2.